The summed E-state index contributed by atoms with van der Waals surface area (Å²) in [6.07, 6.45) is 0.285. The van der Waals surface area contributed by atoms with E-state index in [4.69, 9.17) is 9.84 Å². The van der Waals surface area contributed by atoms with Gasteiger partial charge in [-0.1, -0.05) is 6.07 Å². The number of phenols is 1. The van der Waals surface area contributed by atoms with Crippen LogP contribution in [-0.4, -0.2) is 41.3 Å². The fourth-order valence-electron chi connectivity index (χ4n) is 2.13. The standard InChI is InChI=1S/C13H15NO5/c15-11-3-1-2-9(6-11)14-10(4-5-13(17)18)7-19-8-12(14)16/h1-3,6,10,15H,4-5,7-8H2,(H,17,18). The number of carboxylic acid groups (broad SMARTS) is 1. The van der Waals surface area contributed by atoms with Gasteiger partial charge in [-0.05, 0) is 18.6 Å². The summed E-state index contributed by atoms with van der Waals surface area (Å²) in [6, 6.07) is 6.02. The lowest BCUT2D eigenvalue weighted by Crippen LogP contribution is -2.49. The molecule has 0 bridgehead atoms. The highest BCUT2D eigenvalue weighted by Crippen LogP contribution is 2.26. The minimum Gasteiger partial charge on any atom is -0.508 e. The highest BCUT2D eigenvalue weighted by Gasteiger charge is 2.30. The van der Waals surface area contributed by atoms with Gasteiger partial charge in [0.25, 0.3) is 5.91 Å². The minimum atomic E-state index is -0.908. The zero-order chi connectivity index (χ0) is 13.8. The summed E-state index contributed by atoms with van der Waals surface area (Å²) in [4.78, 5) is 24.1. The molecule has 0 aliphatic carbocycles. The minimum absolute atomic E-state index is 0.0285. The van der Waals surface area contributed by atoms with Crippen molar-refractivity contribution < 1.29 is 24.5 Å². The van der Waals surface area contributed by atoms with Gasteiger partial charge in [0.15, 0.2) is 0 Å². The Bertz CT molecular complexity index is 488. The first-order valence-corrected chi connectivity index (χ1v) is 5.98. The van der Waals surface area contributed by atoms with Crippen LogP contribution in [0.4, 0.5) is 5.69 Å². The number of carboxylic acids is 1. The average molecular weight is 265 g/mol. The number of amides is 1. The first-order chi connectivity index (χ1) is 9.08. The fourth-order valence-corrected chi connectivity index (χ4v) is 2.13. The molecule has 1 unspecified atom stereocenters. The maximum Gasteiger partial charge on any atom is 0.303 e. The van der Waals surface area contributed by atoms with E-state index in [9.17, 15) is 14.7 Å². The summed E-state index contributed by atoms with van der Waals surface area (Å²) in [5.41, 5.74) is 0.559. The number of phenolic OH excluding ortho intramolecular Hbond substituents is 1. The van der Waals surface area contributed by atoms with Gasteiger partial charge < -0.3 is 19.8 Å². The van der Waals surface area contributed by atoms with Crippen LogP contribution >= 0.6 is 0 Å². The van der Waals surface area contributed by atoms with Crippen molar-refractivity contribution in [1.82, 2.24) is 0 Å². The third-order valence-electron chi connectivity index (χ3n) is 2.97. The number of aliphatic carboxylic acids is 1. The van der Waals surface area contributed by atoms with Crippen LogP contribution in [0, 0.1) is 0 Å². The van der Waals surface area contributed by atoms with Gasteiger partial charge in [-0.15, -0.1) is 0 Å². The van der Waals surface area contributed by atoms with Gasteiger partial charge in [0, 0.05) is 18.2 Å². The monoisotopic (exact) mass is 265 g/mol. The molecule has 1 amide bonds. The molecule has 1 heterocycles. The van der Waals surface area contributed by atoms with Crippen molar-refractivity contribution in [1.29, 1.82) is 0 Å². The first-order valence-electron chi connectivity index (χ1n) is 5.98. The van der Waals surface area contributed by atoms with E-state index in [2.05, 4.69) is 0 Å². The number of morpholine rings is 1. The Balaban J connectivity index is 2.20. The Labute approximate surface area is 110 Å². The van der Waals surface area contributed by atoms with Gasteiger partial charge in [0.2, 0.25) is 0 Å². The predicted molar refractivity (Wildman–Crippen MR) is 67.1 cm³/mol. The lowest BCUT2D eigenvalue weighted by Gasteiger charge is -2.35. The van der Waals surface area contributed by atoms with Crippen LogP contribution < -0.4 is 4.90 Å². The molecule has 0 radical (unpaired) electrons. The molecule has 1 saturated heterocycles. The van der Waals surface area contributed by atoms with Crippen LogP contribution in [0.3, 0.4) is 0 Å². The van der Waals surface area contributed by atoms with E-state index in [-0.39, 0.29) is 30.7 Å². The lowest BCUT2D eigenvalue weighted by atomic mass is 10.1. The van der Waals surface area contributed by atoms with Crippen LogP contribution in [0.5, 0.6) is 5.75 Å². The maximum absolute atomic E-state index is 11.9. The summed E-state index contributed by atoms with van der Waals surface area (Å²) in [5, 5.41) is 18.2. The van der Waals surface area contributed by atoms with E-state index in [1.165, 1.54) is 17.0 Å². The predicted octanol–water partition coefficient (Wildman–Crippen LogP) is 0.989. The number of carbonyl (C=O) groups excluding carboxylic acids is 1. The molecule has 1 aliphatic rings. The molecule has 2 rings (SSSR count). The molecule has 0 saturated carbocycles. The lowest BCUT2D eigenvalue weighted by molar-refractivity contribution is -0.138. The topological polar surface area (TPSA) is 87.1 Å². The van der Waals surface area contributed by atoms with Crippen LogP contribution in [-0.2, 0) is 14.3 Å². The van der Waals surface area contributed by atoms with E-state index in [0.29, 0.717) is 18.7 Å². The number of hydrogen-bond acceptors (Lipinski definition) is 4. The third kappa shape index (κ3) is 3.23. The molecule has 1 aromatic rings. The van der Waals surface area contributed by atoms with Crippen LogP contribution in [0.15, 0.2) is 24.3 Å². The summed E-state index contributed by atoms with van der Waals surface area (Å²) in [5.74, 6) is -1.07. The van der Waals surface area contributed by atoms with Gasteiger partial charge in [-0.25, -0.2) is 0 Å². The van der Waals surface area contributed by atoms with E-state index in [0.717, 1.165) is 0 Å². The normalized spacial score (nSPS) is 19.5. The molecule has 1 aromatic carbocycles. The van der Waals surface area contributed by atoms with Gasteiger partial charge in [-0.3, -0.25) is 9.59 Å². The number of hydrogen-bond donors (Lipinski definition) is 2. The van der Waals surface area contributed by atoms with E-state index in [1.807, 2.05) is 0 Å². The van der Waals surface area contributed by atoms with Crippen molar-refractivity contribution in [3.8, 4) is 5.75 Å². The quantitative estimate of drug-likeness (QED) is 0.847. The Morgan fingerprint density at radius 2 is 2.26 bits per heavy atom. The molecule has 2 N–H and O–H groups in total. The second kappa shape index (κ2) is 5.71. The summed E-state index contributed by atoms with van der Waals surface area (Å²) in [6.45, 7) is 0.272. The van der Waals surface area contributed by atoms with Crippen LogP contribution in [0.1, 0.15) is 12.8 Å². The Hall–Kier alpha value is -2.08. The number of carbonyl (C=O) groups is 2. The van der Waals surface area contributed by atoms with Crippen LogP contribution in [0.2, 0.25) is 0 Å². The van der Waals surface area contributed by atoms with Crippen molar-refractivity contribution >= 4 is 17.6 Å². The second-order valence-corrected chi connectivity index (χ2v) is 4.38. The Kier molecular flexibility index (Phi) is 4.01. The number of rotatable bonds is 4. The summed E-state index contributed by atoms with van der Waals surface area (Å²) >= 11 is 0. The van der Waals surface area contributed by atoms with E-state index in [1.54, 1.807) is 12.1 Å². The molecule has 1 aliphatic heterocycles. The average Bonchev–Trinajstić information content (AvgIpc) is 2.36. The van der Waals surface area contributed by atoms with Crippen molar-refractivity contribution in [3.05, 3.63) is 24.3 Å². The summed E-state index contributed by atoms with van der Waals surface area (Å²) < 4.78 is 5.16. The molecule has 1 atom stereocenters. The highest BCUT2D eigenvalue weighted by molar-refractivity contribution is 5.95. The van der Waals surface area contributed by atoms with E-state index >= 15 is 0 Å². The molecular weight excluding hydrogens is 250 g/mol. The highest BCUT2D eigenvalue weighted by atomic mass is 16.5. The van der Waals surface area contributed by atoms with Crippen molar-refractivity contribution in [3.63, 3.8) is 0 Å². The molecule has 0 aromatic heterocycles. The molecule has 0 spiro atoms. The molecule has 6 heteroatoms. The van der Waals surface area contributed by atoms with E-state index < -0.39 is 5.97 Å². The molecule has 102 valence electrons. The van der Waals surface area contributed by atoms with Crippen molar-refractivity contribution in [2.75, 3.05) is 18.1 Å². The van der Waals surface area contributed by atoms with Gasteiger partial charge >= 0.3 is 5.97 Å². The van der Waals surface area contributed by atoms with Crippen molar-refractivity contribution in [2.45, 2.75) is 18.9 Å². The molecule has 19 heavy (non-hydrogen) atoms. The van der Waals surface area contributed by atoms with Gasteiger partial charge in [0.05, 0.1) is 12.6 Å². The largest absolute Gasteiger partial charge is 0.508 e. The third-order valence-corrected chi connectivity index (χ3v) is 2.97. The zero-order valence-corrected chi connectivity index (χ0v) is 10.3. The number of ether oxygens (including phenoxy) is 1. The first kappa shape index (κ1) is 13.4. The van der Waals surface area contributed by atoms with Crippen LogP contribution in [0.25, 0.3) is 0 Å². The Morgan fingerprint density at radius 1 is 1.47 bits per heavy atom. The number of nitrogens with zero attached hydrogens (tertiary/aromatic N) is 1. The number of aromatic hydroxyl groups is 1. The van der Waals surface area contributed by atoms with Gasteiger partial charge in [-0.2, -0.15) is 0 Å². The number of benzene rings is 1. The van der Waals surface area contributed by atoms with Gasteiger partial charge in [0.1, 0.15) is 12.4 Å². The smallest absolute Gasteiger partial charge is 0.303 e. The zero-order valence-electron chi connectivity index (χ0n) is 10.3. The fraction of sp³-hybridized carbons (Fsp3) is 0.385. The van der Waals surface area contributed by atoms with Crippen molar-refractivity contribution in [2.24, 2.45) is 0 Å². The number of anilines is 1. The SMILES string of the molecule is O=C(O)CCC1COCC(=O)N1c1cccc(O)c1. The maximum atomic E-state index is 11.9. The molecule has 6 nitrogen and oxygen atoms in total. The second-order valence-electron chi connectivity index (χ2n) is 4.38. The molecule has 1 fully saturated rings. The summed E-state index contributed by atoms with van der Waals surface area (Å²) in [7, 11) is 0. The molecular formula is C13H15NO5. The Morgan fingerprint density at radius 3 is 2.95 bits per heavy atom.